The normalized spacial score (nSPS) is 25.8. The van der Waals surface area contributed by atoms with E-state index in [0.717, 1.165) is 11.3 Å². The van der Waals surface area contributed by atoms with E-state index < -0.39 is 5.54 Å². The molecule has 1 aromatic rings. The van der Waals surface area contributed by atoms with Crippen molar-refractivity contribution in [3.8, 4) is 0 Å². The van der Waals surface area contributed by atoms with Crippen LogP contribution in [0.5, 0.6) is 0 Å². The predicted molar refractivity (Wildman–Crippen MR) is 83.3 cm³/mol. The van der Waals surface area contributed by atoms with Gasteiger partial charge in [-0.05, 0) is 24.8 Å². The lowest BCUT2D eigenvalue weighted by Gasteiger charge is -2.23. The molecule has 2 heterocycles. The van der Waals surface area contributed by atoms with Crippen LogP contribution < -0.4 is 5.32 Å². The minimum Gasteiger partial charge on any atom is -0.382 e. The first-order valence-electron chi connectivity index (χ1n) is 7.31. The Morgan fingerprint density at radius 3 is 2.86 bits per heavy atom. The summed E-state index contributed by atoms with van der Waals surface area (Å²) < 4.78 is 10.5. The smallest absolute Gasteiger partial charge is 0.244 e. The van der Waals surface area contributed by atoms with Gasteiger partial charge in [-0.15, -0.1) is 11.3 Å². The molecule has 2 unspecified atom stereocenters. The number of nitrogens with zero attached hydrogens (tertiary/aromatic N) is 1. The van der Waals surface area contributed by atoms with Crippen molar-refractivity contribution in [3.63, 3.8) is 0 Å². The fourth-order valence-electron chi connectivity index (χ4n) is 2.44. The molecule has 1 saturated heterocycles. The Morgan fingerprint density at radius 2 is 2.24 bits per heavy atom. The monoisotopic (exact) mass is 312 g/mol. The molecule has 21 heavy (non-hydrogen) atoms. The second-order valence-corrected chi connectivity index (χ2v) is 6.33. The molecule has 1 aromatic heterocycles. The first-order chi connectivity index (χ1) is 10.1. The van der Waals surface area contributed by atoms with Gasteiger partial charge >= 0.3 is 0 Å². The zero-order chi connectivity index (χ0) is 15.3. The SMILES string of the molecule is CCC1(C)NC(c2cccs2)N(CCOCCOC)C1=O. The van der Waals surface area contributed by atoms with Gasteiger partial charge in [0.15, 0.2) is 0 Å². The van der Waals surface area contributed by atoms with Crippen LogP contribution in [-0.4, -0.2) is 49.8 Å². The third-order valence-electron chi connectivity index (χ3n) is 3.93. The van der Waals surface area contributed by atoms with Crippen LogP contribution >= 0.6 is 11.3 Å². The van der Waals surface area contributed by atoms with Gasteiger partial charge in [-0.1, -0.05) is 13.0 Å². The maximum atomic E-state index is 12.7. The van der Waals surface area contributed by atoms with Gasteiger partial charge in [0.25, 0.3) is 0 Å². The van der Waals surface area contributed by atoms with Crippen LogP contribution in [0.15, 0.2) is 17.5 Å². The molecule has 0 spiro atoms. The maximum absolute atomic E-state index is 12.7. The molecule has 5 nitrogen and oxygen atoms in total. The lowest BCUT2D eigenvalue weighted by Crippen LogP contribution is -2.43. The van der Waals surface area contributed by atoms with Gasteiger partial charge in [0, 0.05) is 18.5 Å². The Morgan fingerprint density at radius 1 is 1.43 bits per heavy atom. The number of hydrogen-bond donors (Lipinski definition) is 1. The van der Waals surface area contributed by atoms with Crippen LogP contribution in [0.2, 0.25) is 0 Å². The molecule has 0 saturated carbocycles. The number of ether oxygens (including phenoxy) is 2. The third kappa shape index (κ3) is 3.63. The summed E-state index contributed by atoms with van der Waals surface area (Å²) in [5, 5.41) is 5.52. The van der Waals surface area contributed by atoms with Gasteiger partial charge in [-0.25, -0.2) is 0 Å². The first kappa shape index (κ1) is 16.4. The highest BCUT2D eigenvalue weighted by Crippen LogP contribution is 2.34. The molecule has 2 rings (SSSR count). The molecule has 1 amide bonds. The molecule has 1 fully saturated rings. The summed E-state index contributed by atoms with van der Waals surface area (Å²) in [5.41, 5.74) is -0.485. The van der Waals surface area contributed by atoms with Crippen molar-refractivity contribution in [1.29, 1.82) is 0 Å². The lowest BCUT2D eigenvalue weighted by molar-refractivity contribution is -0.133. The average molecular weight is 312 g/mol. The first-order valence-corrected chi connectivity index (χ1v) is 8.19. The van der Waals surface area contributed by atoms with Crippen molar-refractivity contribution in [3.05, 3.63) is 22.4 Å². The molecule has 1 N–H and O–H groups in total. The Hall–Kier alpha value is -0.950. The summed E-state index contributed by atoms with van der Waals surface area (Å²) in [7, 11) is 1.65. The number of hydrogen-bond acceptors (Lipinski definition) is 5. The molecule has 1 aliphatic rings. The standard InChI is InChI=1S/C15H24N2O3S/c1-4-15(2)14(18)17(7-8-20-10-9-19-3)13(16-15)12-6-5-11-21-12/h5-6,11,13,16H,4,7-10H2,1-3H3. The molecule has 0 aromatic carbocycles. The maximum Gasteiger partial charge on any atom is 0.244 e. The zero-order valence-electron chi connectivity index (χ0n) is 12.9. The van der Waals surface area contributed by atoms with Crippen LogP contribution in [0.4, 0.5) is 0 Å². The largest absolute Gasteiger partial charge is 0.382 e. The molecule has 2 atom stereocenters. The van der Waals surface area contributed by atoms with Gasteiger partial charge in [-0.2, -0.15) is 0 Å². The number of thiophene rings is 1. The van der Waals surface area contributed by atoms with Crippen molar-refractivity contribution >= 4 is 17.2 Å². The summed E-state index contributed by atoms with van der Waals surface area (Å²) in [6.45, 7) is 6.26. The molecular formula is C15H24N2O3S. The molecule has 118 valence electrons. The van der Waals surface area contributed by atoms with E-state index in [1.54, 1.807) is 18.4 Å². The summed E-state index contributed by atoms with van der Waals surface area (Å²) in [5.74, 6) is 0.152. The minimum atomic E-state index is -0.485. The van der Waals surface area contributed by atoms with Gasteiger partial charge < -0.3 is 14.4 Å². The third-order valence-corrected chi connectivity index (χ3v) is 4.85. The number of rotatable bonds is 8. The van der Waals surface area contributed by atoms with Crippen molar-refractivity contribution in [2.75, 3.05) is 33.5 Å². The highest BCUT2D eigenvalue weighted by atomic mass is 32.1. The number of amides is 1. The lowest BCUT2D eigenvalue weighted by atomic mass is 9.99. The molecule has 0 aliphatic carbocycles. The Labute approximate surface area is 130 Å². The predicted octanol–water partition coefficient (Wildman–Crippen LogP) is 2.01. The molecule has 0 radical (unpaired) electrons. The minimum absolute atomic E-state index is 0.0477. The number of methoxy groups -OCH3 is 1. The van der Waals surface area contributed by atoms with E-state index >= 15 is 0 Å². The summed E-state index contributed by atoms with van der Waals surface area (Å²) in [6.07, 6.45) is 0.725. The average Bonchev–Trinajstić information content (AvgIpc) is 3.09. The highest BCUT2D eigenvalue weighted by Gasteiger charge is 2.47. The molecule has 0 bridgehead atoms. The van der Waals surface area contributed by atoms with E-state index in [0.29, 0.717) is 26.4 Å². The van der Waals surface area contributed by atoms with Gasteiger partial charge in [0.05, 0.1) is 25.4 Å². The second kappa shape index (κ2) is 7.35. The summed E-state index contributed by atoms with van der Waals surface area (Å²) in [4.78, 5) is 15.7. The fraction of sp³-hybridized carbons (Fsp3) is 0.667. The van der Waals surface area contributed by atoms with Crippen LogP contribution in [-0.2, 0) is 14.3 Å². The fourth-order valence-corrected chi connectivity index (χ4v) is 3.22. The molecule has 6 heteroatoms. The van der Waals surface area contributed by atoms with Crippen LogP contribution in [0.3, 0.4) is 0 Å². The van der Waals surface area contributed by atoms with E-state index in [4.69, 9.17) is 9.47 Å². The molecular weight excluding hydrogens is 288 g/mol. The van der Waals surface area contributed by atoms with Crippen LogP contribution in [0.25, 0.3) is 0 Å². The Balaban J connectivity index is 2.02. The molecule has 1 aliphatic heterocycles. The van der Waals surface area contributed by atoms with E-state index in [9.17, 15) is 4.79 Å². The van der Waals surface area contributed by atoms with Crippen molar-refractivity contribution in [1.82, 2.24) is 10.2 Å². The van der Waals surface area contributed by atoms with Crippen molar-refractivity contribution in [2.45, 2.75) is 32.0 Å². The highest BCUT2D eigenvalue weighted by molar-refractivity contribution is 7.10. The van der Waals surface area contributed by atoms with Crippen molar-refractivity contribution < 1.29 is 14.3 Å². The van der Waals surface area contributed by atoms with E-state index in [1.165, 1.54) is 0 Å². The zero-order valence-corrected chi connectivity index (χ0v) is 13.7. The number of carbonyl (C=O) groups is 1. The quantitative estimate of drug-likeness (QED) is 0.746. The van der Waals surface area contributed by atoms with E-state index in [1.807, 2.05) is 30.2 Å². The van der Waals surface area contributed by atoms with Gasteiger partial charge in [-0.3, -0.25) is 10.1 Å². The van der Waals surface area contributed by atoms with Gasteiger partial charge in [0.2, 0.25) is 5.91 Å². The van der Waals surface area contributed by atoms with Crippen molar-refractivity contribution in [2.24, 2.45) is 0 Å². The Bertz CT molecular complexity index is 452. The van der Waals surface area contributed by atoms with E-state index in [-0.39, 0.29) is 12.1 Å². The van der Waals surface area contributed by atoms with Gasteiger partial charge in [0.1, 0.15) is 6.17 Å². The summed E-state index contributed by atoms with van der Waals surface area (Å²) in [6, 6.07) is 4.08. The second-order valence-electron chi connectivity index (χ2n) is 5.35. The Kier molecular flexibility index (Phi) is 5.75. The van der Waals surface area contributed by atoms with E-state index in [2.05, 4.69) is 11.4 Å². The number of carbonyl (C=O) groups excluding carboxylic acids is 1. The van der Waals surface area contributed by atoms with Crippen LogP contribution in [0.1, 0.15) is 31.3 Å². The summed E-state index contributed by atoms with van der Waals surface area (Å²) >= 11 is 1.67. The number of nitrogens with one attached hydrogen (secondary N) is 1. The van der Waals surface area contributed by atoms with Crippen LogP contribution in [0, 0.1) is 0 Å². The topological polar surface area (TPSA) is 50.8 Å².